The van der Waals surface area contributed by atoms with Gasteiger partial charge in [-0.05, 0) is 118 Å². The van der Waals surface area contributed by atoms with Gasteiger partial charge in [0.2, 0.25) is 0 Å². The molecule has 12 rings (SSSR count). The molecule has 12 fully saturated rings. The number of rotatable bonds is 1. The van der Waals surface area contributed by atoms with Gasteiger partial charge in [0, 0.05) is 5.88 Å². The van der Waals surface area contributed by atoms with Crippen LogP contribution in [0, 0.1) is 118 Å². The molecule has 0 amide bonds. The number of hydrogen-bond donors (Lipinski definition) is 0. The fraction of sp³-hybridized carbons (Fsp3) is 1.00. The first-order valence-corrected chi connectivity index (χ1v) is 11.0. The minimum atomic E-state index is 0.708. The molecule has 0 radical (unpaired) electrons. The van der Waals surface area contributed by atoms with Crippen molar-refractivity contribution in [1.29, 1.82) is 0 Å². The second-order valence-corrected chi connectivity index (χ2v) is 12.3. The zero-order valence-electron chi connectivity index (χ0n) is 12.6. The van der Waals surface area contributed by atoms with Crippen LogP contribution in [0.15, 0.2) is 0 Å². The Morgan fingerprint density at radius 3 is 0.864 bits per heavy atom. The molecule has 0 aliphatic heterocycles. The average molecular weight is 309 g/mol. The first kappa shape index (κ1) is 9.69. The molecule has 0 aromatic carbocycles. The molecule has 22 heavy (non-hydrogen) atoms. The maximum absolute atomic E-state index is 6.95. The molecule has 0 spiro atoms. The van der Waals surface area contributed by atoms with Gasteiger partial charge < -0.3 is 0 Å². The molecular formula is C21H21Cl. The minimum Gasteiger partial charge on any atom is -0.126 e. The van der Waals surface area contributed by atoms with Gasteiger partial charge in [-0.15, -0.1) is 11.6 Å². The van der Waals surface area contributed by atoms with Crippen molar-refractivity contribution in [3.8, 4) is 0 Å². The molecule has 112 valence electrons. The minimum absolute atomic E-state index is 0.708. The Morgan fingerprint density at radius 2 is 0.636 bits per heavy atom. The Labute approximate surface area is 135 Å². The van der Waals surface area contributed by atoms with Crippen molar-refractivity contribution in [2.75, 3.05) is 5.88 Å². The molecule has 0 aromatic heterocycles. The highest BCUT2D eigenvalue weighted by molar-refractivity contribution is 6.18. The normalized spacial score (nSPS) is 103. The van der Waals surface area contributed by atoms with Crippen molar-refractivity contribution in [2.45, 2.75) is 0 Å². The summed E-state index contributed by atoms with van der Waals surface area (Å²) >= 11 is 6.95. The summed E-state index contributed by atoms with van der Waals surface area (Å²) in [5.41, 5.74) is 0.708. The first-order chi connectivity index (χ1) is 10.9. The van der Waals surface area contributed by atoms with Crippen molar-refractivity contribution in [3.05, 3.63) is 0 Å². The van der Waals surface area contributed by atoms with E-state index in [1.165, 1.54) is 94.7 Å². The first-order valence-electron chi connectivity index (χ1n) is 10.5. The SMILES string of the molecule is ClCC12C3[C@@H]4[C@@H]5C6C7C8[C@@H]9[C@@H]6[C@@H]4C1[C@@H]9[C@@H]1C2[C@H]2[C@@H](C7[C@@H]5[C@@H]32)[C@H]81. The van der Waals surface area contributed by atoms with Crippen LogP contribution in [0.2, 0.25) is 0 Å². The third kappa shape index (κ3) is 0.452. The molecule has 8 unspecified atom stereocenters. The topological polar surface area (TPSA) is 0 Å². The Balaban J connectivity index is 1.46. The zero-order valence-corrected chi connectivity index (χ0v) is 13.3. The van der Waals surface area contributed by atoms with Crippen molar-refractivity contribution >= 4 is 11.6 Å². The van der Waals surface area contributed by atoms with E-state index in [0.717, 1.165) is 23.6 Å². The Kier molecular flexibility index (Phi) is 0.934. The van der Waals surface area contributed by atoms with Crippen LogP contribution >= 0.6 is 11.6 Å². The van der Waals surface area contributed by atoms with Crippen molar-refractivity contribution in [2.24, 2.45) is 118 Å². The van der Waals surface area contributed by atoms with Gasteiger partial charge in [0.1, 0.15) is 0 Å². The molecule has 0 bridgehead atoms. The Bertz CT molecular complexity index is 626. The number of alkyl halides is 1. The van der Waals surface area contributed by atoms with Gasteiger partial charge in [-0.25, -0.2) is 0 Å². The Morgan fingerprint density at radius 1 is 0.409 bits per heavy atom. The van der Waals surface area contributed by atoms with E-state index < -0.39 is 0 Å². The van der Waals surface area contributed by atoms with Gasteiger partial charge in [-0.2, -0.15) is 0 Å². The molecule has 12 aliphatic carbocycles. The molecule has 20 atom stereocenters. The van der Waals surface area contributed by atoms with Crippen molar-refractivity contribution < 1.29 is 0 Å². The molecular weight excluding hydrogens is 288 g/mol. The third-order valence-corrected chi connectivity index (χ3v) is 14.4. The maximum atomic E-state index is 6.95. The molecule has 0 nitrogen and oxygen atoms in total. The van der Waals surface area contributed by atoms with Gasteiger partial charge in [0.25, 0.3) is 0 Å². The maximum Gasteiger partial charge on any atom is 0.0288 e. The molecule has 0 aromatic rings. The predicted molar refractivity (Wildman–Crippen MR) is 79.5 cm³/mol. The quantitative estimate of drug-likeness (QED) is 0.653. The van der Waals surface area contributed by atoms with Gasteiger partial charge in [0.15, 0.2) is 0 Å². The van der Waals surface area contributed by atoms with E-state index in [2.05, 4.69) is 0 Å². The monoisotopic (exact) mass is 308 g/mol. The van der Waals surface area contributed by atoms with E-state index in [4.69, 9.17) is 11.6 Å². The number of halogens is 1. The second kappa shape index (κ2) is 2.12. The summed E-state index contributed by atoms with van der Waals surface area (Å²) in [6, 6.07) is 0. The summed E-state index contributed by atoms with van der Waals surface area (Å²) < 4.78 is 0. The fourth-order valence-electron chi connectivity index (χ4n) is 16.0. The summed E-state index contributed by atoms with van der Waals surface area (Å²) in [4.78, 5) is 0. The van der Waals surface area contributed by atoms with E-state index in [1.54, 1.807) is 0 Å². The van der Waals surface area contributed by atoms with Gasteiger partial charge in [-0.1, -0.05) is 0 Å². The van der Waals surface area contributed by atoms with E-state index in [0.29, 0.717) is 5.41 Å². The fourth-order valence-corrected chi connectivity index (χ4v) is 16.5. The predicted octanol–water partition coefficient (Wildman–Crippen LogP) is 3.07. The van der Waals surface area contributed by atoms with Crippen LogP contribution in [0.1, 0.15) is 0 Å². The lowest BCUT2D eigenvalue weighted by Crippen LogP contribution is -2.37. The van der Waals surface area contributed by atoms with Crippen LogP contribution in [0.5, 0.6) is 0 Å². The molecule has 0 heterocycles. The smallest absolute Gasteiger partial charge is 0.0288 e. The van der Waals surface area contributed by atoms with E-state index in [-0.39, 0.29) is 0 Å². The molecule has 12 saturated carbocycles. The lowest BCUT2D eigenvalue weighted by atomic mass is 9.68. The number of hydrogen-bond acceptors (Lipinski definition) is 0. The van der Waals surface area contributed by atoms with Crippen LogP contribution in [0.25, 0.3) is 0 Å². The van der Waals surface area contributed by atoms with Gasteiger partial charge >= 0.3 is 0 Å². The summed E-state index contributed by atoms with van der Waals surface area (Å²) in [5, 5.41) is 0. The zero-order chi connectivity index (χ0) is 13.2. The highest BCUT2D eigenvalue weighted by Crippen LogP contribution is 3.04. The lowest BCUT2D eigenvalue weighted by Gasteiger charge is -2.38. The van der Waals surface area contributed by atoms with Crippen LogP contribution in [-0.2, 0) is 0 Å². The summed E-state index contributed by atoms with van der Waals surface area (Å²) in [7, 11) is 0. The van der Waals surface area contributed by atoms with Crippen molar-refractivity contribution in [3.63, 3.8) is 0 Å². The van der Waals surface area contributed by atoms with Crippen LogP contribution in [0.4, 0.5) is 0 Å². The van der Waals surface area contributed by atoms with Gasteiger partial charge in [-0.3, -0.25) is 0 Å². The van der Waals surface area contributed by atoms with E-state index >= 15 is 0 Å². The lowest BCUT2D eigenvalue weighted by molar-refractivity contribution is 0.108. The van der Waals surface area contributed by atoms with Gasteiger partial charge in [0.05, 0.1) is 0 Å². The van der Waals surface area contributed by atoms with Crippen LogP contribution in [-0.4, -0.2) is 5.88 Å². The average Bonchev–Trinajstić information content (AvgIpc) is 3.18. The van der Waals surface area contributed by atoms with E-state index in [1.807, 2.05) is 0 Å². The highest BCUT2D eigenvalue weighted by Gasteiger charge is 3.01. The summed E-state index contributed by atoms with van der Waals surface area (Å²) in [5.74, 6) is 24.5. The van der Waals surface area contributed by atoms with Crippen LogP contribution in [0.3, 0.4) is 0 Å². The largest absolute Gasteiger partial charge is 0.126 e. The molecule has 0 saturated heterocycles. The second-order valence-electron chi connectivity index (χ2n) is 12.1. The molecule has 12 aliphatic rings. The Hall–Kier alpha value is 0.290. The molecule has 1 heteroatoms. The third-order valence-electron chi connectivity index (χ3n) is 13.9. The highest BCUT2D eigenvalue weighted by atomic mass is 35.5. The van der Waals surface area contributed by atoms with Crippen molar-refractivity contribution in [1.82, 2.24) is 0 Å². The molecule has 0 N–H and O–H groups in total. The summed E-state index contributed by atoms with van der Waals surface area (Å²) in [6.07, 6.45) is 0. The van der Waals surface area contributed by atoms with Crippen LogP contribution < -0.4 is 0 Å². The summed E-state index contributed by atoms with van der Waals surface area (Å²) in [6.45, 7) is 0. The standard InChI is InChI=1S/C21H21Cl/c22-1-21-18-12-6-3-2-4-8(6)14(18)16-10(4)11-5(2)9-7(3)13(12)19(21)15(9)17(11)20(16)21/h2-20H,1H2/t2?,3?,4?,5?,6-,7-,8-,9+,10+,11+,12-,13+,14+,15+,16-,17-,18?,19?,20?,21?/m0/s1. The van der Waals surface area contributed by atoms with E-state index in [9.17, 15) is 0 Å².